The molecule has 0 bridgehead atoms. The molecule has 1 aliphatic heterocycles. The topological polar surface area (TPSA) is 32.3 Å². The Morgan fingerprint density at radius 3 is 2.77 bits per heavy atom. The normalized spacial score (nSPS) is 18.5. The molecule has 0 radical (unpaired) electrons. The van der Waals surface area contributed by atoms with Gasteiger partial charge in [0.05, 0.1) is 0 Å². The van der Waals surface area contributed by atoms with Crippen molar-refractivity contribution in [2.75, 3.05) is 31.3 Å². The van der Waals surface area contributed by atoms with Crippen LogP contribution >= 0.6 is 11.8 Å². The monoisotopic (exact) mass is 314 g/mol. The minimum Gasteiger partial charge on any atom is -0.355 e. The second kappa shape index (κ2) is 7.11. The standard InChI is InChI=1S/C17H22N4S/c1-20(17-7-9-18-13-19-17)15-8-10-21(12-15)11-14-3-5-16(22-2)6-4-14/h3-7,9,13,15H,8,10-12H2,1-2H3. The Hall–Kier alpha value is -1.59. The van der Waals surface area contributed by atoms with E-state index in [-0.39, 0.29) is 0 Å². The first-order chi connectivity index (χ1) is 10.8. The lowest BCUT2D eigenvalue weighted by Crippen LogP contribution is -2.34. The Morgan fingerprint density at radius 1 is 1.27 bits per heavy atom. The predicted octanol–water partition coefficient (Wildman–Crippen LogP) is 2.91. The summed E-state index contributed by atoms with van der Waals surface area (Å²) in [6.07, 6.45) is 6.72. The van der Waals surface area contributed by atoms with E-state index in [9.17, 15) is 0 Å². The Morgan fingerprint density at radius 2 is 2.09 bits per heavy atom. The highest BCUT2D eigenvalue weighted by atomic mass is 32.2. The van der Waals surface area contributed by atoms with Crippen LogP contribution in [-0.4, -0.2) is 47.3 Å². The maximum absolute atomic E-state index is 4.35. The quantitative estimate of drug-likeness (QED) is 0.792. The fraction of sp³-hybridized carbons (Fsp3) is 0.412. The van der Waals surface area contributed by atoms with E-state index in [2.05, 4.69) is 57.3 Å². The van der Waals surface area contributed by atoms with E-state index in [4.69, 9.17) is 0 Å². The summed E-state index contributed by atoms with van der Waals surface area (Å²) in [4.78, 5) is 14.5. The van der Waals surface area contributed by atoms with E-state index < -0.39 is 0 Å². The maximum atomic E-state index is 4.35. The largest absolute Gasteiger partial charge is 0.355 e. The van der Waals surface area contributed by atoms with E-state index in [0.717, 1.165) is 25.5 Å². The zero-order valence-electron chi connectivity index (χ0n) is 13.1. The zero-order chi connectivity index (χ0) is 15.4. The summed E-state index contributed by atoms with van der Waals surface area (Å²) in [5, 5.41) is 0. The number of hydrogen-bond acceptors (Lipinski definition) is 5. The summed E-state index contributed by atoms with van der Waals surface area (Å²) < 4.78 is 0. The van der Waals surface area contributed by atoms with Crippen LogP contribution < -0.4 is 4.90 Å². The molecule has 1 aliphatic rings. The Kier molecular flexibility index (Phi) is 4.95. The molecule has 1 aromatic heterocycles. The number of aromatic nitrogens is 2. The number of rotatable bonds is 5. The number of hydrogen-bond donors (Lipinski definition) is 0. The molecule has 4 nitrogen and oxygen atoms in total. The van der Waals surface area contributed by atoms with E-state index in [1.807, 2.05) is 6.07 Å². The van der Waals surface area contributed by atoms with Crippen molar-refractivity contribution in [3.05, 3.63) is 48.4 Å². The van der Waals surface area contributed by atoms with E-state index in [0.29, 0.717) is 6.04 Å². The second-order valence-electron chi connectivity index (χ2n) is 5.70. The number of likely N-dealkylation sites (tertiary alicyclic amines) is 1. The number of anilines is 1. The first-order valence-electron chi connectivity index (χ1n) is 7.60. The molecule has 2 aromatic rings. The SMILES string of the molecule is CSc1ccc(CN2CCC(N(C)c3ccncn3)C2)cc1. The van der Waals surface area contributed by atoms with Gasteiger partial charge in [0.2, 0.25) is 0 Å². The van der Waals surface area contributed by atoms with Gasteiger partial charge in [0.1, 0.15) is 12.1 Å². The van der Waals surface area contributed by atoms with E-state index >= 15 is 0 Å². The number of benzene rings is 1. The fourth-order valence-electron chi connectivity index (χ4n) is 2.94. The van der Waals surface area contributed by atoms with Gasteiger partial charge in [-0.15, -0.1) is 11.8 Å². The van der Waals surface area contributed by atoms with Crippen LogP contribution in [0.15, 0.2) is 47.8 Å². The Labute approximate surface area is 136 Å². The van der Waals surface area contributed by atoms with Crippen molar-refractivity contribution in [1.29, 1.82) is 0 Å². The Bertz CT molecular complexity index is 587. The number of nitrogens with zero attached hydrogens (tertiary/aromatic N) is 4. The van der Waals surface area contributed by atoms with Crippen molar-refractivity contribution in [2.24, 2.45) is 0 Å². The molecule has 0 spiro atoms. The van der Waals surface area contributed by atoms with Crippen molar-refractivity contribution in [3.8, 4) is 0 Å². The van der Waals surface area contributed by atoms with Gasteiger partial charge in [-0.3, -0.25) is 4.90 Å². The van der Waals surface area contributed by atoms with Crippen LogP contribution in [0.1, 0.15) is 12.0 Å². The minimum absolute atomic E-state index is 0.528. The maximum Gasteiger partial charge on any atom is 0.131 e. The number of thioether (sulfide) groups is 1. The van der Waals surface area contributed by atoms with Crippen LogP contribution in [0.4, 0.5) is 5.82 Å². The third-order valence-corrected chi connectivity index (χ3v) is 5.03. The summed E-state index contributed by atoms with van der Waals surface area (Å²) >= 11 is 1.79. The lowest BCUT2D eigenvalue weighted by molar-refractivity contribution is 0.326. The lowest BCUT2D eigenvalue weighted by atomic mass is 10.2. The smallest absolute Gasteiger partial charge is 0.131 e. The molecule has 3 rings (SSSR count). The van der Waals surface area contributed by atoms with Crippen LogP contribution in [0.5, 0.6) is 0 Å². The van der Waals surface area contributed by atoms with Gasteiger partial charge in [-0.1, -0.05) is 12.1 Å². The summed E-state index contributed by atoms with van der Waals surface area (Å²) in [6, 6.07) is 11.4. The molecule has 0 saturated carbocycles. The summed E-state index contributed by atoms with van der Waals surface area (Å²) in [7, 11) is 2.13. The van der Waals surface area contributed by atoms with Crippen LogP contribution in [-0.2, 0) is 6.54 Å². The molecular weight excluding hydrogens is 292 g/mol. The summed E-state index contributed by atoms with van der Waals surface area (Å²) in [5.74, 6) is 1.01. The molecule has 0 N–H and O–H groups in total. The van der Waals surface area contributed by atoms with E-state index in [1.165, 1.54) is 16.9 Å². The molecule has 0 aliphatic carbocycles. The lowest BCUT2D eigenvalue weighted by Gasteiger charge is -2.25. The summed E-state index contributed by atoms with van der Waals surface area (Å²) in [6.45, 7) is 3.26. The molecule has 5 heteroatoms. The second-order valence-corrected chi connectivity index (χ2v) is 6.58. The molecule has 116 valence electrons. The van der Waals surface area contributed by atoms with Crippen molar-refractivity contribution in [1.82, 2.24) is 14.9 Å². The van der Waals surface area contributed by atoms with Crippen LogP contribution in [0.25, 0.3) is 0 Å². The van der Waals surface area contributed by atoms with Gasteiger partial charge in [-0.2, -0.15) is 0 Å². The molecular formula is C17H22N4S. The molecule has 1 fully saturated rings. The molecule has 22 heavy (non-hydrogen) atoms. The molecule has 1 saturated heterocycles. The van der Waals surface area contributed by atoms with Gasteiger partial charge in [0.15, 0.2) is 0 Å². The van der Waals surface area contributed by atoms with Crippen LogP contribution in [0.3, 0.4) is 0 Å². The Balaban J connectivity index is 1.57. The highest BCUT2D eigenvalue weighted by Crippen LogP contribution is 2.21. The summed E-state index contributed by atoms with van der Waals surface area (Å²) in [5.41, 5.74) is 1.39. The minimum atomic E-state index is 0.528. The molecule has 1 aromatic carbocycles. The van der Waals surface area contributed by atoms with Gasteiger partial charge in [0.25, 0.3) is 0 Å². The van der Waals surface area contributed by atoms with Crippen molar-refractivity contribution in [3.63, 3.8) is 0 Å². The third kappa shape index (κ3) is 3.59. The zero-order valence-corrected chi connectivity index (χ0v) is 14.0. The van der Waals surface area contributed by atoms with Gasteiger partial charge in [0, 0.05) is 43.8 Å². The first kappa shape index (κ1) is 15.3. The van der Waals surface area contributed by atoms with Gasteiger partial charge in [-0.05, 0) is 36.4 Å². The third-order valence-electron chi connectivity index (χ3n) is 4.29. The van der Waals surface area contributed by atoms with Crippen molar-refractivity contribution in [2.45, 2.75) is 23.9 Å². The predicted molar refractivity (Wildman–Crippen MR) is 92.3 cm³/mol. The average Bonchev–Trinajstić information content (AvgIpc) is 3.04. The first-order valence-corrected chi connectivity index (χ1v) is 8.83. The van der Waals surface area contributed by atoms with Crippen LogP contribution in [0.2, 0.25) is 0 Å². The van der Waals surface area contributed by atoms with Gasteiger partial charge in [-0.25, -0.2) is 9.97 Å². The van der Waals surface area contributed by atoms with Crippen molar-refractivity contribution < 1.29 is 0 Å². The number of likely N-dealkylation sites (N-methyl/N-ethyl adjacent to an activating group) is 1. The van der Waals surface area contributed by atoms with E-state index in [1.54, 1.807) is 24.3 Å². The average molecular weight is 314 g/mol. The highest BCUT2D eigenvalue weighted by molar-refractivity contribution is 7.98. The molecule has 1 atom stereocenters. The van der Waals surface area contributed by atoms with Crippen molar-refractivity contribution >= 4 is 17.6 Å². The van der Waals surface area contributed by atoms with Crippen LogP contribution in [0, 0.1) is 0 Å². The molecule has 2 heterocycles. The molecule has 0 amide bonds. The van der Waals surface area contributed by atoms with Gasteiger partial charge < -0.3 is 4.90 Å². The molecule has 1 unspecified atom stereocenters. The fourth-order valence-corrected chi connectivity index (χ4v) is 3.35. The van der Waals surface area contributed by atoms with Gasteiger partial charge >= 0.3 is 0 Å². The highest BCUT2D eigenvalue weighted by Gasteiger charge is 2.26.